The Kier molecular flexibility index (Phi) is 4.66. The average Bonchev–Trinajstić information content (AvgIpc) is 2.52. The minimum absolute atomic E-state index is 0.261. The highest BCUT2D eigenvalue weighted by Crippen LogP contribution is 2.24. The van der Waals surface area contributed by atoms with Gasteiger partial charge in [-0.3, -0.25) is 4.79 Å². The van der Waals surface area contributed by atoms with Crippen molar-refractivity contribution >= 4 is 5.91 Å². The summed E-state index contributed by atoms with van der Waals surface area (Å²) in [4.78, 5) is 11.2. The summed E-state index contributed by atoms with van der Waals surface area (Å²) in [5, 5.41) is 0. The molecule has 0 aliphatic rings. The predicted octanol–water partition coefficient (Wildman–Crippen LogP) is 2.38. The van der Waals surface area contributed by atoms with Gasteiger partial charge >= 0.3 is 0 Å². The highest BCUT2D eigenvalue weighted by molar-refractivity contribution is 5.93. The molecule has 21 heavy (non-hydrogen) atoms. The summed E-state index contributed by atoms with van der Waals surface area (Å²) in [6.45, 7) is 0.261. The summed E-state index contributed by atoms with van der Waals surface area (Å²) in [5.74, 6) is 1.54. The van der Waals surface area contributed by atoms with Gasteiger partial charge in [0.15, 0.2) is 0 Å². The molecule has 2 aromatic carbocycles. The van der Waals surface area contributed by atoms with Crippen LogP contribution in [0, 0.1) is 0 Å². The molecule has 0 radical (unpaired) electrons. The van der Waals surface area contributed by atoms with E-state index >= 15 is 0 Å². The molecule has 5 nitrogen and oxygen atoms in total. The first kappa shape index (κ1) is 14.7. The lowest BCUT2D eigenvalue weighted by molar-refractivity contribution is 0.1000. The Bertz CT molecular complexity index is 640. The monoisotopic (exact) mass is 287 g/mol. The van der Waals surface area contributed by atoms with Crippen molar-refractivity contribution in [3.8, 4) is 17.2 Å². The maximum Gasteiger partial charge on any atom is 0.248 e. The highest BCUT2D eigenvalue weighted by Gasteiger charge is 2.09. The van der Waals surface area contributed by atoms with E-state index in [0.717, 1.165) is 5.56 Å². The van der Waals surface area contributed by atoms with E-state index in [1.54, 1.807) is 38.5 Å². The molecular formula is C16H17NO4. The SMILES string of the molecule is COc1cccc(OCc2cc(C(N)=O)ccc2OC)c1. The number of methoxy groups -OCH3 is 2. The van der Waals surface area contributed by atoms with Crippen LogP contribution in [0.25, 0.3) is 0 Å². The van der Waals surface area contributed by atoms with Crippen molar-refractivity contribution in [2.24, 2.45) is 5.73 Å². The topological polar surface area (TPSA) is 70.8 Å². The smallest absolute Gasteiger partial charge is 0.248 e. The van der Waals surface area contributed by atoms with Crippen molar-refractivity contribution in [1.82, 2.24) is 0 Å². The Morgan fingerprint density at radius 3 is 2.48 bits per heavy atom. The number of hydrogen-bond acceptors (Lipinski definition) is 4. The molecule has 0 aliphatic heterocycles. The van der Waals surface area contributed by atoms with E-state index < -0.39 is 5.91 Å². The molecule has 0 aromatic heterocycles. The minimum Gasteiger partial charge on any atom is -0.497 e. The van der Waals surface area contributed by atoms with Crippen LogP contribution in [0.2, 0.25) is 0 Å². The van der Waals surface area contributed by atoms with Crippen molar-refractivity contribution < 1.29 is 19.0 Å². The number of carbonyl (C=O) groups is 1. The molecule has 110 valence electrons. The van der Waals surface area contributed by atoms with Crippen LogP contribution >= 0.6 is 0 Å². The zero-order valence-corrected chi connectivity index (χ0v) is 12.0. The number of carbonyl (C=O) groups excluding carboxylic acids is 1. The van der Waals surface area contributed by atoms with Crippen molar-refractivity contribution in [2.45, 2.75) is 6.61 Å². The molecular weight excluding hydrogens is 270 g/mol. The third-order valence-corrected chi connectivity index (χ3v) is 3.00. The Labute approximate surface area is 123 Å². The second-order valence-corrected chi connectivity index (χ2v) is 4.36. The molecule has 2 N–H and O–H groups in total. The van der Waals surface area contributed by atoms with E-state index in [-0.39, 0.29) is 6.61 Å². The Morgan fingerprint density at radius 2 is 1.81 bits per heavy atom. The summed E-state index contributed by atoms with van der Waals surface area (Å²) < 4.78 is 16.1. The lowest BCUT2D eigenvalue weighted by Crippen LogP contribution is -2.12. The van der Waals surface area contributed by atoms with E-state index in [1.165, 1.54) is 0 Å². The summed E-state index contributed by atoms with van der Waals surface area (Å²) in [6, 6.07) is 12.3. The van der Waals surface area contributed by atoms with Crippen LogP contribution in [0.15, 0.2) is 42.5 Å². The van der Waals surface area contributed by atoms with Crippen molar-refractivity contribution in [1.29, 1.82) is 0 Å². The predicted molar refractivity (Wildman–Crippen MR) is 78.8 cm³/mol. The molecule has 0 aliphatic carbocycles. The van der Waals surface area contributed by atoms with Gasteiger partial charge in [-0.2, -0.15) is 0 Å². The fourth-order valence-corrected chi connectivity index (χ4v) is 1.90. The van der Waals surface area contributed by atoms with Gasteiger partial charge < -0.3 is 19.9 Å². The number of rotatable bonds is 6. The molecule has 5 heteroatoms. The third kappa shape index (κ3) is 3.66. The van der Waals surface area contributed by atoms with E-state index in [4.69, 9.17) is 19.9 Å². The van der Waals surface area contributed by atoms with Gasteiger partial charge in [0.2, 0.25) is 5.91 Å². The van der Waals surface area contributed by atoms with E-state index in [9.17, 15) is 4.79 Å². The van der Waals surface area contributed by atoms with E-state index in [2.05, 4.69) is 0 Å². The van der Waals surface area contributed by atoms with Crippen LogP contribution in [0.4, 0.5) is 0 Å². The number of ether oxygens (including phenoxy) is 3. The van der Waals surface area contributed by atoms with Crippen LogP contribution < -0.4 is 19.9 Å². The second-order valence-electron chi connectivity index (χ2n) is 4.36. The number of amides is 1. The second kappa shape index (κ2) is 6.65. The van der Waals surface area contributed by atoms with E-state index in [1.807, 2.05) is 18.2 Å². The minimum atomic E-state index is -0.486. The van der Waals surface area contributed by atoms with Crippen LogP contribution in [0.5, 0.6) is 17.2 Å². The van der Waals surface area contributed by atoms with Crippen molar-refractivity contribution in [2.75, 3.05) is 14.2 Å². The number of nitrogens with two attached hydrogens (primary N) is 1. The number of hydrogen-bond donors (Lipinski definition) is 1. The van der Waals surface area contributed by atoms with Gasteiger partial charge in [-0.25, -0.2) is 0 Å². The molecule has 2 aromatic rings. The van der Waals surface area contributed by atoms with Gasteiger partial charge in [-0.1, -0.05) is 6.07 Å². The Morgan fingerprint density at radius 1 is 1.05 bits per heavy atom. The van der Waals surface area contributed by atoms with Crippen LogP contribution in [0.3, 0.4) is 0 Å². The van der Waals surface area contributed by atoms with Gasteiger partial charge in [0.05, 0.1) is 14.2 Å². The first-order valence-electron chi connectivity index (χ1n) is 6.37. The van der Waals surface area contributed by atoms with Gasteiger partial charge in [0, 0.05) is 17.2 Å². The molecule has 2 rings (SSSR count). The lowest BCUT2D eigenvalue weighted by Gasteiger charge is -2.12. The summed E-state index contributed by atoms with van der Waals surface area (Å²) >= 11 is 0. The third-order valence-electron chi connectivity index (χ3n) is 3.00. The fraction of sp³-hybridized carbons (Fsp3) is 0.188. The molecule has 0 fully saturated rings. The van der Waals surface area contributed by atoms with Crippen LogP contribution in [-0.2, 0) is 6.61 Å². The standard InChI is InChI=1S/C16H17NO4/c1-19-13-4-3-5-14(9-13)21-10-12-8-11(16(17)18)6-7-15(12)20-2/h3-9H,10H2,1-2H3,(H2,17,18). The van der Waals surface area contributed by atoms with Crippen LogP contribution in [0.1, 0.15) is 15.9 Å². The molecule has 0 bridgehead atoms. The first-order chi connectivity index (χ1) is 10.1. The molecule has 0 heterocycles. The highest BCUT2D eigenvalue weighted by atomic mass is 16.5. The normalized spacial score (nSPS) is 10.0. The molecule has 0 saturated carbocycles. The largest absolute Gasteiger partial charge is 0.497 e. The van der Waals surface area contributed by atoms with Crippen LogP contribution in [-0.4, -0.2) is 20.1 Å². The van der Waals surface area contributed by atoms with Gasteiger partial charge in [-0.15, -0.1) is 0 Å². The molecule has 0 spiro atoms. The molecule has 0 saturated heterocycles. The summed E-state index contributed by atoms with van der Waals surface area (Å²) in [5.41, 5.74) is 6.45. The maximum atomic E-state index is 11.2. The lowest BCUT2D eigenvalue weighted by atomic mass is 10.1. The fourth-order valence-electron chi connectivity index (χ4n) is 1.90. The van der Waals surface area contributed by atoms with Crippen molar-refractivity contribution in [3.05, 3.63) is 53.6 Å². The van der Waals surface area contributed by atoms with Gasteiger partial charge in [0.25, 0.3) is 0 Å². The zero-order chi connectivity index (χ0) is 15.2. The maximum absolute atomic E-state index is 11.2. The zero-order valence-electron chi connectivity index (χ0n) is 12.0. The average molecular weight is 287 g/mol. The Balaban J connectivity index is 2.17. The summed E-state index contributed by atoms with van der Waals surface area (Å²) in [7, 11) is 3.16. The quantitative estimate of drug-likeness (QED) is 0.885. The Hall–Kier alpha value is -2.69. The van der Waals surface area contributed by atoms with Gasteiger partial charge in [0.1, 0.15) is 23.9 Å². The van der Waals surface area contributed by atoms with E-state index in [0.29, 0.717) is 22.8 Å². The number of benzene rings is 2. The molecule has 1 amide bonds. The molecule has 0 atom stereocenters. The molecule has 0 unspecified atom stereocenters. The first-order valence-corrected chi connectivity index (χ1v) is 6.37. The van der Waals surface area contributed by atoms with Gasteiger partial charge in [-0.05, 0) is 30.3 Å². The summed E-state index contributed by atoms with van der Waals surface area (Å²) in [6.07, 6.45) is 0. The van der Waals surface area contributed by atoms with Crippen molar-refractivity contribution in [3.63, 3.8) is 0 Å². The number of primary amides is 1.